The third kappa shape index (κ3) is 6.53. The molecule has 0 atom stereocenters. The van der Waals surface area contributed by atoms with Crippen LogP contribution in [0.1, 0.15) is 48.4 Å². The first-order valence-corrected chi connectivity index (χ1v) is 11.4. The number of alkyl halides is 2. The number of halogens is 3. The number of hydrogen-bond donors (Lipinski definition) is 2. The lowest BCUT2D eigenvalue weighted by molar-refractivity contribution is 0.0946. The van der Waals surface area contributed by atoms with E-state index >= 15 is 4.39 Å². The highest BCUT2D eigenvalue weighted by molar-refractivity contribution is 5.96. The molecule has 1 aliphatic rings. The molecule has 1 saturated heterocycles. The molecule has 200 valence electrons. The molecule has 1 fully saturated rings. The third-order valence-electron chi connectivity index (χ3n) is 6.12. The minimum absolute atomic E-state index is 0. The van der Waals surface area contributed by atoms with Crippen LogP contribution in [0.25, 0.3) is 5.69 Å². The molecule has 13 heteroatoms. The van der Waals surface area contributed by atoms with Gasteiger partial charge in [0.1, 0.15) is 5.69 Å². The summed E-state index contributed by atoms with van der Waals surface area (Å²) in [5.74, 6) is -0.623. The number of piperidine rings is 1. The first-order valence-electron chi connectivity index (χ1n) is 11.4. The van der Waals surface area contributed by atoms with Crippen LogP contribution in [0.3, 0.4) is 0 Å². The number of nitrogens with zero attached hydrogens (tertiary/aromatic N) is 6. The maximum Gasteiger partial charge on any atom is 0.283 e. The van der Waals surface area contributed by atoms with E-state index in [0.29, 0.717) is 18.3 Å². The summed E-state index contributed by atoms with van der Waals surface area (Å²) < 4.78 is 47.2. The molecule has 0 bridgehead atoms. The van der Waals surface area contributed by atoms with Gasteiger partial charge in [0.2, 0.25) is 0 Å². The summed E-state index contributed by atoms with van der Waals surface area (Å²) in [6, 6.07) is 2.79. The van der Waals surface area contributed by atoms with E-state index < -0.39 is 23.8 Å². The highest BCUT2D eigenvalue weighted by Crippen LogP contribution is 2.27. The zero-order valence-corrected chi connectivity index (χ0v) is 19.9. The summed E-state index contributed by atoms with van der Waals surface area (Å²) in [5.41, 5.74) is -0.372. The molecule has 1 amide bonds. The fourth-order valence-corrected chi connectivity index (χ4v) is 4.02. The number of amides is 1. The lowest BCUT2D eigenvalue weighted by Crippen LogP contribution is -2.33. The maximum absolute atomic E-state index is 15.1. The van der Waals surface area contributed by atoms with Gasteiger partial charge in [-0.3, -0.25) is 4.79 Å². The topological polar surface area (TPSA) is 110 Å². The van der Waals surface area contributed by atoms with E-state index in [1.54, 1.807) is 0 Å². The normalized spacial score (nSPS) is 14.3. The van der Waals surface area contributed by atoms with Crippen molar-refractivity contribution in [2.24, 2.45) is 5.92 Å². The van der Waals surface area contributed by atoms with Crippen molar-refractivity contribution in [3.05, 3.63) is 53.5 Å². The van der Waals surface area contributed by atoms with Gasteiger partial charge in [-0.2, -0.15) is 0 Å². The van der Waals surface area contributed by atoms with E-state index in [1.807, 2.05) is 0 Å². The predicted molar refractivity (Wildman–Crippen MR) is 131 cm³/mol. The second-order valence-corrected chi connectivity index (χ2v) is 8.53. The van der Waals surface area contributed by atoms with Crippen LogP contribution in [0, 0.1) is 11.7 Å². The number of hydrogen-bond acceptors (Lipinski definition) is 8. The molecule has 2 N–H and O–H groups in total. The number of carbonyl (C=O) groups is 1. The quantitative estimate of drug-likeness (QED) is 0.442. The fraction of sp³-hybridized carbons (Fsp3) is 0.458. The van der Waals surface area contributed by atoms with E-state index in [9.17, 15) is 13.6 Å². The van der Waals surface area contributed by atoms with Crippen LogP contribution in [0.5, 0.6) is 5.75 Å². The second kappa shape index (κ2) is 12.5. The number of anilines is 1. The summed E-state index contributed by atoms with van der Waals surface area (Å²) in [7, 11) is 3.39. The largest absolute Gasteiger partial charge is 0.494 e. The highest BCUT2D eigenvalue weighted by atomic mass is 19.3. The molecular weight excluding hydrogens is 489 g/mol. The van der Waals surface area contributed by atoms with Gasteiger partial charge in [-0.1, -0.05) is 12.6 Å². The first kappa shape index (κ1) is 27.8. The number of likely N-dealkylation sites (tertiary alicyclic amines) is 1. The van der Waals surface area contributed by atoms with Gasteiger partial charge in [-0.05, 0) is 51.0 Å². The van der Waals surface area contributed by atoms with Crippen LogP contribution in [-0.4, -0.2) is 69.6 Å². The Morgan fingerprint density at radius 1 is 1.22 bits per heavy atom. The Morgan fingerprint density at radius 3 is 2.62 bits per heavy atom. The molecule has 0 aliphatic carbocycles. The first-order chi connectivity index (χ1) is 17.4. The van der Waals surface area contributed by atoms with Crippen molar-refractivity contribution in [1.29, 1.82) is 0 Å². The van der Waals surface area contributed by atoms with Crippen molar-refractivity contribution in [2.75, 3.05) is 39.1 Å². The molecule has 0 saturated carbocycles. The van der Waals surface area contributed by atoms with E-state index in [2.05, 4.69) is 42.9 Å². The molecule has 0 spiro atoms. The number of nitrogens with one attached hydrogen (secondary N) is 2. The van der Waals surface area contributed by atoms with Crippen LogP contribution < -0.4 is 15.4 Å². The molecule has 0 radical (unpaired) electrons. The average Bonchev–Trinajstić information content (AvgIpc) is 3.38. The minimum atomic E-state index is -2.83. The van der Waals surface area contributed by atoms with Gasteiger partial charge >= 0.3 is 0 Å². The predicted octanol–water partition coefficient (Wildman–Crippen LogP) is 3.46. The Morgan fingerprint density at radius 2 is 1.95 bits per heavy atom. The van der Waals surface area contributed by atoms with Gasteiger partial charge in [0.25, 0.3) is 12.3 Å². The van der Waals surface area contributed by atoms with Gasteiger partial charge in [0.05, 0.1) is 19.0 Å². The van der Waals surface area contributed by atoms with Crippen LogP contribution in [0.4, 0.5) is 19.0 Å². The molecule has 2 aromatic heterocycles. The summed E-state index contributed by atoms with van der Waals surface area (Å²) in [6.45, 7) is 2.39. The second-order valence-electron chi connectivity index (χ2n) is 8.53. The Labute approximate surface area is 213 Å². The lowest BCUT2D eigenvalue weighted by Gasteiger charge is -2.29. The van der Waals surface area contributed by atoms with Crippen molar-refractivity contribution in [1.82, 2.24) is 35.2 Å². The summed E-state index contributed by atoms with van der Waals surface area (Å²) >= 11 is 0. The van der Waals surface area contributed by atoms with Gasteiger partial charge in [0, 0.05) is 31.0 Å². The monoisotopic (exact) mass is 520 g/mol. The van der Waals surface area contributed by atoms with Gasteiger partial charge in [0.15, 0.2) is 23.1 Å². The molecular formula is C24H31F3N8O2. The number of ether oxygens (including phenoxy) is 1. The Kier molecular flexibility index (Phi) is 9.39. The number of methoxy groups -OCH3 is 1. The molecule has 4 rings (SSSR count). The van der Waals surface area contributed by atoms with Crippen molar-refractivity contribution >= 4 is 11.7 Å². The van der Waals surface area contributed by atoms with Crippen LogP contribution >= 0.6 is 0 Å². The Bertz CT molecular complexity index is 1200. The van der Waals surface area contributed by atoms with Gasteiger partial charge in [-0.25, -0.2) is 27.8 Å². The summed E-state index contributed by atoms with van der Waals surface area (Å²) in [6.07, 6.45) is 3.14. The number of benzene rings is 1. The average molecular weight is 521 g/mol. The molecule has 1 aliphatic heterocycles. The van der Waals surface area contributed by atoms with E-state index in [-0.39, 0.29) is 36.7 Å². The Hall–Kier alpha value is -3.74. The van der Waals surface area contributed by atoms with Crippen LogP contribution in [0.2, 0.25) is 0 Å². The van der Waals surface area contributed by atoms with Crippen molar-refractivity contribution in [2.45, 2.75) is 33.2 Å². The molecule has 3 heterocycles. The number of aromatic nitrogens is 5. The molecule has 0 unspecified atom stereocenters. The Balaban J connectivity index is 0.00000380. The SMILES string of the molecule is C.COc1ccc(-n2cc(C(F)F)nn2)c(CNC(=O)c2nccnc2NCC2CCN(C)CC2)c1F. The molecule has 37 heavy (non-hydrogen) atoms. The fourth-order valence-electron chi connectivity index (χ4n) is 4.02. The van der Waals surface area contributed by atoms with Gasteiger partial charge in [-0.15, -0.1) is 5.10 Å². The molecule has 10 nitrogen and oxygen atoms in total. The molecule has 3 aromatic rings. The summed E-state index contributed by atoms with van der Waals surface area (Å²) in [4.78, 5) is 23.7. The standard InChI is InChI=1S/C23H27F3N8O2.CH4/c1-33-9-5-14(6-10-33)11-29-22-20(27-7-8-28-22)23(35)30-12-15-17(3-4-18(36-2)19(15)24)34-13-16(21(25)26)31-32-34;/h3-4,7-8,13-14,21H,5-6,9-12H2,1-2H3,(H,28,29)(H,30,35);1H4. The van der Waals surface area contributed by atoms with Gasteiger partial charge < -0.3 is 20.3 Å². The minimum Gasteiger partial charge on any atom is -0.494 e. The molecule has 1 aromatic carbocycles. The smallest absolute Gasteiger partial charge is 0.283 e. The number of rotatable bonds is 9. The summed E-state index contributed by atoms with van der Waals surface area (Å²) in [5, 5.41) is 12.9. The zero-order valence-electron chi connectivity index (χ0n) is 19.9. The van der Waals surface area contributed by atoms with Crippen molar-refractivity contribution in [3.63, 3.8) is 0 Å². The lowest BCUT2D eigenvalue weighted by atomic mass is 9.97. The third-order valence-corrected chi connectivity index (χ3v) is 6.12. The van der Waals surface area contributed by atoms with E-state index in [0.717, 1.165) is 36.8 Å². The zero-order chi connectivity index (χ0) is 25.7. The highest BCUT2D eigenvalue weighted by Gasteiger charge is 2.22. The van der Waals surface area contributed by atoms with E-state index in [1.165, 1.54) is 31.6 Å². The van der Waals surface area contributed by atoms with E-state index in [4.69, 9.17) is 4.74 Å². The number of carbonyl (C=O) groups excluding carboxylic acids is 1. The maximum atomic E-state index is 15.1. The van der Waals surface area contributed by atoms with Crippen molar-refractivity contribution in [3.8, 4) is 11.4 Å². The van der Waals surface area contributed by atoms with Crippen LogP contribution in [-0.2, 0) is 6.54 Å². The van der Waals surface area contributed by atoms with Crippen LogP contribution in [0.15, 0.2) is 30.7 Å². The van der Waals surface area contributed by atoms with Crippen molar-refractivity contribution < 1.29 is 22.7 Å².